The van der Waals surface area contributed by atoms with Crippen molar-refractivity contribution in [1.29, 1.82) is 0 Å². The van der Waals surface area contributed by atoms with Gasteiger partial charge in [0.2, 0.25) is 5.95 Å². The van der Waals surface area contributed by atoms with E-state index in [1.165, 1.54) is 37.3 Å². The third-order valence-corrected chi connectivity index (χ3v) is 5.39. The van der Waals surface area contributed by atoms with Crippen molar-refractivity contribution in [2.75, 3.05) is 51.6 Å². The lowest BCUT2D eigenvalue weighted by Gasteiger charge is -2.46. The summed E-state index contributed by atoms with van der Waals surface area (Å²) in [5, 5.41) is 3.29. The van der Waals surface area contributed by atoms with Gasteiger partial charge in [0, 0.05) is 76.4 Å². The van der Waals surface area contributed by atoms with E-state index in [0.29, 0.717) is 12.0 Å². The molecule has 0 radical (unpaired) electrons. The predicted molar refractivity (Wildman–Crippen MR) is 104 cm³/mol. The molecule has 3 heterocycles. The topological polar surface area (TPSA) is 47.5 Å². The fraction of sp³-hybridized carbons (Fsp3) is 0.500. The van der Waals surface area contributed by atoms with Crippen molar-refractivity contribution >= 4 is 5.95 Å². The molecule has 0 spiro atoms. The van der Waals surface area contributed by atoms with Crippen LogP contribution in [0.1, 0.15) is 11.1 Å². The molecule has 2 fully saturated rings. The third kappa shape index (κ3) is 4.38. The number of anilines is 1. The molecule has 0 aliphatic carbocycles. The van der Waals surface area contributed by atoms with Crippen LogP contribution < -0.4 is 5.32 Å². The van der Waals surface area contributed by atoms with E-state index in [2.05, 4.69) is 49.2 Å². The lowest BCUT2D eigenvalue weighted by Crippen LogP contribution is -2.61. The molecule has 1 N–H and O–H groups in total. The summed E-state index contributed by atoms with van der Waals surface area (Å²) >= 11 is 0. The summed E-state index contributed by atoms with van der Waals surface area (Å²) in [4.78, 5) is 16.6. The van der Waals surface area contributed by atoms with Crippen molar-refractivity contribution < 1.29 is 0 Å². The summed E-state index contributed by atoms with van der Waals surface area (Å²) in [6.45, 7) is 8.71. The first-order valence-electron chi connectivity index (χ1n) is 9.50. The first-order valence-corrected chi connectivity index (χ1v) is 9.50. The molecule has 26 heavy (non-hydrogen) atoms. The van der Waals surface area contributed by atoms with Crippen molar-refractivity contribution in [3.63, 3.8) is 0 Å². The summed E-state index contributed by atoms with van der Waals surface area (Å²) in [7, 11) is 2.23. The second-order valence-electron chi connectivity index (χ2n) is 7.44. The van der Waals surface area contributed by atoms with Crippen molar-refractivity contribution in [2.45, 2.75) is 19.1 Å². The van der Waals surface area contributed by atoms with E-state index >= 15 is 0 Å². The molecule has 1 aromatic carbocycles. The van der Waals surface area contributed by atoms with Gasteiger partial charge in [-0.3, -0.25) is 9.80 Å². The van der Waals surface area contributed by atoms with Crippen LogP contribution in [0, 0.1) is 0 Å². The van der Waals surface area contributed by atoms with Crippen LogP contribution in [-0.2, 0) is 13.1 Å². The Hall–Kier alpha value is -2.02. The maximum absolute atomic E-state index is 4.49. The van der Waals surface area contributed by atoms with Gasteiger partial charge in [-0.1, -0.05) is 30.3 Å². The normalized spacial score (nSPS) is 22.1. The zero-order valence-corrected chi connectivity index (χ0v) is 15.5. The minimum absolute atomic E-state index is 0.662. The Kier molecular flexibility index (Phi) is 5.43. The first kappa shape index (κ1) is 17.4. The molecule has 2 aromatic rings. The van der Waals surface area contributed by atoms with Crippen LogP contribution in [-0.4, -0.2) is 77.0 Å². The molecule has 0 unspecified atom stereocenters. The van der Waals surface area contributed by atoms with Crippen LogP contribution in [0.3, 0.4) is 0 Å². The van der Waals surface area contributed by atoms with Gasteiger partial charge < -0.3 is 10.2 Å². The monoisotopic (exact) mass is 352 g/mol. The second kappa shape index (κ2) is 8.12. The zero-order valence-electron chi connectivity index (χ0n) is 15.5. The lowest BCUT2D eigenvalue weighted by atomic mass is 10.1. The second-order valence-corrected chi connectivity index (χ2v) is 7.44. The fourth-order valence-corrected chi connectivity index (χ4v) is 3.88. The number of rotatable bonds is 5. The molecule has 6 nitrogen and oxygen atoms in total. The highest BCUT2D eigenvalue weighted by atomic mass is 15.3. The molecule has 138 valence electrons. The van der Waals surface area contributed by atoms with Gasteiger partial charge >= 0.3 is 0 Å². The highest BCUT2D eigenvalue weighted by molar-refractivity contribution is 5.27. The Balaban J connectivity index is 1.29. The van der Waals surface area contributed by atoms with Gasteiger partial charge in [-0.25, -0.2) is 9.97 Å². The van der Waals surface area contributed by atoms with E-state index in [9.17, 15) is 0 Å². The third-order valence-electron chi connectivity index (χ3n) is 5.39. The smallest absolute Gasteiger partial charge is 0.222 e. The van der Waals surface area contributed by atoms with Crippen molar-refractivity contribution in [1.82, 2.24) is 24.7 Å². The number of nitrogens with one attached hydrogen (secondary N) is 1. The molecule has 0 saturated carbocycles. The summed E-state index contributed by atoms with van der Waals surface area (Å²) in [6.07, 6.45) is 3.92. The average molecular weight is 352 g/mol. The van der Waals surface area contributed by atoms with Crippen LogP contribution in [0.2, 0.25) is 0 Å². The molecule has 2 aliphatic heterocycles. The number of benzene rings is 1. The zero-order chi connectivity index (χ0) is 17.8. The van der Waals surface area contributed by atoms with Gasteiger partial charge in [-0.15, -0.1) is 0 Å². The minimum atomic E-state index is 0.662. The van der Waals surface area contributed by atoms with Gasteiger partial charge in [0.1, 0.15) is 0 Å². The van der Waals surface area contributed by atoms with Gasteiger partial charge in [0.15, 0.2) is 0 Å². The molecule has 6 heteroatoms. The molecule has 0 amide bonds. The standard InChI is InChI=1S/C20H28N6/c1-24-7-9-26-10-8-25(16-19(26)15-24)14-18-12-22-20(23-13-18)21-11-17-5-3-2-4-6-17/h2-6,12-13,19H,7-11,14-16H2,1H3,(H,21,22,23)/t19-/m0/s1. The molecule has 2 saturated heterocycles. The number of aromatic nitrogens is 2. The van der Waals surface area contributed by atoms with Crippen molar-refractivity contribution in [2.24, 2.45) is 0 Å². The predicted octanol–water partition coefficient (Wildman–Crippen LogP) is 1.52. The minimum Gasteiger partial charge on any atom is -0.350 e. The summed E-state index contributed by atoms with van der Waals surface area (Å²) in [5.74, 6) is 0.691. The number of nitrogens with zero attached hydrogens (tertiary/aromatic N) is 5. The molecule has 0 bridgehead atoms. The largest absolute Gasteiger partial charge is 0.350 e. The van der Waals surface area contributed by atoms with Crippen LogP contribution in [0.25, 0.3) is 0 Å². The lowest BCUT2D eigenvalue weighted by molar-refractivity contribution is 0.0174. The molecule has 4 rings (SSSR count). The average Bonchev–Trinajstić information content (AvgIpc) is 2.68. The van der Waals surface area contributed by atoms with E-state index in [-0.39, 0.29) is 0 Å². The highest BCUT2D eigenvalue weighted by Gasteiger charge is 2.30. The molecular formula is C20H28N6. The van der Waals surface area contributed by atoms with Gasteiger partial charge in [0.05, 0.1) is 0 Å². The van der Waals surface area contributed by atoms with Gasteiger partial charge in [0.25, 0.3) is 0 Å². The molecule has 1 aromatic heterocycles. The van der Waals surface area contributed by atoms with E-state index < -0.39 is 0 Å². The first-order chi connectivity index (χ1) is 12.8. The Morgan fingerprint density at radius 1 is 0.962 bits per heavy atom. The Labute approximate surface area is 155 Å². The summed E-state index contributed by atoms with van der Waals surface area (Å²) < 4.78 is 0. The molecular weight excluding hydrogens is 324 g/mol. The number of hydrogen-bond acceptors (Lipinski definition) is 6. The van der Waals surface area contributed by atoms with Crippen molar-refractivity contribution in [3.05, 3.63) is 53.9 Å². The highest BCUT2D eigenvalue weighted by Crippen LogP contribution is 2.16. The fourth-order valence-electron chi connectivity index (χ4n) is 3.88. The van der Waals surface area contributed by atoms with E-state index in [0.717, 1.165) is 26.2 Å². The summed E-state index contributed by atoms with van der Waals surface area (Å²) in [6, 6.07) is 11.0. The van der Waals surface area contributed by atoms with Crippen LogP contribution in [0.15, 0.2) is 42.7 Å². The SMILES string of the molecule is CN1CCN2CCN(Cc3cnc(NCc4ccccc4)nc3)C[C@@H]2C1. The number of likely N-dealkylation sites (N-methyl/N-ethyl adjacent to an activating group) is 1. The Morgan fingerprint density at radius 2 is 1.73 bits per heavy atom. The van der Waals surface area contributed by atoms with E-state index in [1.807, 2.05) is 30.6 Å². The van der Waals surface area contributed by atoms with E-state index in [1.54, 1.807) is 0 Å². The van der Waals surface area contributed by atoms with Crippen LogP contribution in [0.4, 0.5) is 5.95 Å². The maximum Gasteiger partial charge on any atom is 0.222 e. The number of piperazine rings is 2. The van der Waals surface area contributed by atoms with Crippen LogP contribution >= 0.6 is 0 Å². The Bertz CT molecular complexity index is 689. The number of fused-ring (bicyclic) bond motifs is 1. The maximum atomic E-state index is 4.49. The summed E-state index contributed by atoms with van der Waals surface area (Å²) in [5.41, 5.74) is 2.42. The molecule has 2 aliphatic rings. The van der Waals surface area contributed by atoms with Crippen LogP contribution in [0.5, 0.6) is 0 Å². The molecule has 1 atom stereocenters. The van der Waals surface area contributed by atoms with Crippen molar-refractivity contribution in [3.8, 4) is 0 Å². The number of hydrogen-bond donors (Lipinski definition) is 1. The Morgan fingerprint density at radius 3 is 2.54 bits per heavy atom. The van der Waals surface area contributed by atoms with Gasteiger partial charge in [-0.2, -0.15) is 0 Å². The van der Waals surface area contributed by atoms with E-state index in [4.69, 9.17) is 0 Å². The quantitative estimate of drug-likeness (QED) is 0.880. The van der Waals surface area contributed by atoms with Gasteiger partial charge in [-0.05, 0) is 12.6 Å².